The van der Waals surface area contributed by atoms with Gasteiger partial charge in [0.25, 0.3) is 0 Å². The fourth-order valence-electron chi connectivity index (χ4n) is 1.38. The molecule has 2 rings (SSSR count). The second kappa shape index (κ2) is 2.84. The van der Waals surface area contributed by atoms with Crippen LogP contribution >= 0.6 is 11.8 Å². The van der Waals surface area contributed by atoms with Crippen LogP contribution in [-0.2, 0) is 0 Å². The molecule has 1 aromatic carbocycles. The number of halogens is 1. The van der Waals surface area contributed by atoms with Crippen LogP contribution in [0.5, 0.6) is 0 Å². The zero-order valence-corrected chi connectivity index (χ0v) is 6.88. The number of benzene rings is 1. The van der Waals surface area contributed by atoms with Crippen LogP contribution in [0.15, 0.2) is 30.3 Å². The summed E-state index contributed by atoms with van der Waals surface area (Å²) in [5.41, 5.74) is 1.39. The highest BCUT2D eigenvalue weighted by molar-refractivity contribution is 6.13. The molecule has 1 nitrogen and oxygen atoms in total. The molecule has 0 amide bonds. The Morgan fingerprint density at radius 3 is 2.55 bits per heavy atom. The Morgan fingerprint density at radius 2 is 2.00 bits per heavy atom. The third-order valence-electron chi connectivity index (χ3n) is 2.16. The molecule has 1 aliphatic carbocycles. The first-order chi connectivity index (χ1) is 5.42. The summed E-state index contributed by atoms with van der Waals surface area (Å²) in [6.45, 7) is 0. The van der Waals surface area contributed by atoms with Crippen molar-refractivity contribution in [3.63, 3.8) is 0 Å². The van der Waals surface area contributed by atoms with E-state index >= 15 is 0 Å². The maximum Gasteiger partial charge on any atom is 0.0296 e. The fraction of sp³-hybridized carbons (Fsp3) is 0.333. The van der Waals surface area contributed by atoms with Crippen molar-refractivity contribution in [2.75, 3.05) is 0 Å². The molecule has 1 aliphatic rings. The first-order valence-electron chi connectivity index (χ1n) is 3.83. The topological polar surface area (TPSA) is 12.0 Å². The van der Waals surface area contributed by atoms with Gasteiger partial charge in [-0.25, -0.2) is 4.84 Å². The minimum absolute atomic E-state index is 0.499. The van der Waals surface area contributed by atoms with Crippen LogP contribution in [0.4, 0.5) is 0 Å². The van der Waals surface area contributed by atoms with Gasteiger partial charge in [0.1, 0.15) is 0 Å². The minimum atomic E-state index is 0.499. The lowest BCUT2D eigenvalue weighted by Gasteiger charge is -1.96. The Bertz CT molecular complexity index is 235. The highest BCUT2D eigenvalue weighted by Gasteiger charge is 2.37. The predicted molar refractivity (Wildman–Crippen MR) is 46.6 cm³/mol. The smallest absolute Gasteiger partial charge is 0.0296 e. The van der Waals surface area contributed by atoms with E-state index in [9.17, 15) is 0 Å². The van der Waals surface area contributed by atoms with Gasteiger partial charge < -0.3 is 0 Å². The SMILES string of the molecule is ClN[C@H]1CC1c1ccccc1. The molecule has 0 bridgehead atoms. The van der Waals surface area contributed by atoms with Crippen molar-refractivity contribution in [2.24, 2.45) is 0 Å². The van der Waals surface area contributed by atoms with Crippen LogP contribution < -0.4 is 4.84 Å². The van der Waals surface area contributed by atoms with Crippen LogP contribution in [0.1, 0.15) is 17.9 Å². The van der Waals surface area contributed by atoms with Crippen molar-refractivity contribution in [1.82, 2.24) is 4.84 Å². The molecule has 0 radical (unpaired) electrons. The predicted octanol–water partition coefficient (Wildman–Crippen LogP) is 2.29. The Morgan fingerprint density at radius 1 is 1.27 bits per heavy atom. The third kappa shape index (κ3) is 1.39. The molecule has 1 aromatic rings. The van der Waals surface area contributed by atoms with E-state index in [-0.39, 0.29) is 0 Å². The second-order valence-corrected chi connectivity index (χ2v) is 3.19. The Kier molecular flexibility index (Phi) is 1.84. The highest BCUT2D eigenvalue weighted by Crippen LogP contribution is 2.40. The number of nitrogens with one attached hydrogen (secondary N) is 1. The summed E-state index contributed by atoms with van der Waals surface area (Å²) in [7, 11) is 0. The number of hydrogen-bond donors (Lipinski definition) is 1. The van der Waals surface area contributed by atoms with Gasteiger partial charge in [-0.2, -0.15) is 0 Å². The molecule has 2 heteroatoms. The summed E-state index contributed by atoms with van der Waals surface area (Å²) in [5, 5.41) is 0. The molecule has 1 N–H and O–H groups in total. The van der Waals surface area contributed by atoms with Crippen molar-refractivity contribution in [1.29, 1.82) is 0 Å². The van der Waals surface area contributed by atoms with Crippen molar-refractivity contribution in [2.45, 2.75) is 18.4 Å². The lowest BCUT2D eigenvalue weighted by Crippen LogP contribution is -2.02. The van der Waals surface area contributed by atoms with Crippen LogP contribution in [0.3, 0.4) is 0 Å². The summed E-state index contributed by atoms with van der Waals surface area (Å²) in [6.07, 6.45) is 1.17. The van der Waals surface area contributed by atoms with Gasteiger partial charge in [-0.15, -0.1) is 0 Å². The summed E-state index contributed by atoms with van der Waals surface area (Å²) in [5.74, 6) is 0.647. The zero-order valence-electron chi connectivity index (χ0n) is 6.13. The molecule has 0 aliphatic heterocycles. The maximum absolute atomic E-state index is 5.49. The van der Waals surface area contributed by atoms with Gasteiger partial charge in [-0.1, -0.05) is 30.3 Å². The van der Waals surface area contributed by atoms with Gasteiger partial charge >= 0.3 is 0 Å². The number of hydrogen-bond acceptors (Lipinski definition) is 1. The molecule has 0 saturated heterocycles. The van der Waals surface area contributed by atoms with E-state index in [1.54, 1.807) is 0 Å². The zero-order chi connectivity index (χ0) is 7.68. The summed E-state index contributed by atoms with van der Waals surface area (Å²) in [4.78, 5) is 2.76. The van der Waals surface area contributed by atoms with Gasteiger partial charge in [0.15, 0.2) is 0 Å². The molecule has 0 heterocycles. The fourth-order valence-corrected chi connectivity index (χ4v) is 1.63. The third-order valence-corrected chi connectivity index (χ3v) is 2.44. The van der Waals surface area contributed by atoms with Crippen molar-refractivity contribution in [3.05, 3.63) is 35.9 Å². The summed E-state index contributed by atoms with van der Waals surface area (Å²) < 4.78 is 0. The monoisotopic (exact) mass is 167 g/mol. The van der Waals surface area contributed by atoms with Crippen molar-refractivity contribution >= 4 is 11.8 Å². The van der Waals surface area contributed by atoms with E-state index in [0.717, 1.165) is 0 Å². The standard InChI is InChI=1S/C9H10ClN/c10-11-9-6-8(9)7-4-2-1-3-5-7/h1-5,8-9,11H,6H2/t8?,9-/m0/s1. The lowest BCUT2D eigenvalue weighted by atomic mass is 10.1. The lowest BCUT2D eigenvalue weighted by molar-refractivity contribution is 0.907. The molecule has 2 atom stereocenters. The van der Waals surface area contributed by atoms with Crippen LogP contribution in [0.2, 0.25) is 0 Å². The largest absolute Gasteiger partial charge is 0.230 e. The highest BCUT2D eigenvalue weighted by atomic mass is 35.5. The molecule has 58 valence electrons. The van der Waals surface area contributed by atoms with Gasteiger partial charge in [0, 0.05) is 12.0 Å². The Hall–Kier alpha value is -0.530. The van der Waals surface area contributed by atoms with Gasteiger partial charge in [0.05, 0.1) is 0 Å². The minimum Gasteiger partial charge on any atom is -0.230 e. The molecule has 0 aromatic heterocycles. The van der Waals surface area contributed by atoms with E-state index in [1.807, 2.05) is 6.07 Å². The molecular weight excluding hydrogens is 158 g/mol. The van der Waals surface area contributed by atoms with Crippen molar-refractivity contribution in [3.8, 4) is 0 Å². The first-order valence-corrected chi connectivity index (χ1v) is 4.20. The number of rotatable bonds is 2. The average molecular weight is 168 g/mol. The van der Waals surface area contributed by atoms with Crippen LogP contribution in [0.25, 0.3) is 0 Å². The summed E-state index contributed by atoms with van der Waals surface area (Å²) >= 11 is 5.49. The average Bonchev–Trinajstić information content (AvgIpc) is 2.85. The first kappa shape index (κ1) is 7.14. The molecule has 1 unspecified atom stereocenters. The van der Waals surface area contributed by atoms with E-state index in [1.165, 1.54) is 12.0 Å². The normalized spacial score (nSPS) is 28.5. The van der Waals surface area contributed by atoms with E-state index < -0.39 is 0 Å². The van der Waals surface area contributed by atoms with Crippen molar-refractivity contribution < 1.29 is 0 Å². The van der Waals surface area contributed by atoms with Crippen LogP contribution in [0, 0.1) is 0 Å². The van der Waals surface area contributed by atoms with E-state index in [0.29, 0.717) is 12.0 Å². The van der Waals surface area contributed by atoms with Crippen LogP contribution in [-0.4, -0.2) is 6.04 Å². The summed E-state index contributed by atoms with van der Waals surface area (Å²) in [6, 6.07) is 11.0. The van der Waals surface area contributed by atoms with E-state index in [2.05, 4.69) is 29.1 Å². The maximum atomic E-state index is 5.49. The molecule has 11 heavy (non-hydrogen) atoms. The molecule has 0 spiro atoms. The second-order valence-electron chi connectivity index (χ2n) is 2.97. The Labute approximate surface area is 71.5 Å². The van der Waals surface area contributed by atoms with E-state index in [4.69, 9.17) is 11.8 Å². The Balaban J connectivity index is 2.09. The molecular formula is C9H10ClN. The molecule has 1 fully saturated rings. The quantitative estimate of drug-likeness (QED) is 0.667. The van der Waals surface area contributed by atoms with Gasteiger partial charge in [-0.05, 0) is 23.8 Å². The van der Waals surface area contributed by atoms with Gasteiger partial charge in [-0.3, -0.25) is 0 Å². The van der Waals surface area contributed by atoms with Gasteiger partial charge in [0.2, 0.25) is 0 Å². The molecule has 1 saturated carbocycles.